The number of hydrogen-bond acceptors (Lipinski definition) is 7. The molecular weight excluding hydrogens is 348 g/mol. The minimum atomic E-state index is -0.323. The van der Waals surface area contributed by atoms with E-state index in [1.165, 1.54) is 0 Å². The molecule has 150 valence electrons. The van der Waals surface area contributed by atoms with Gasteiger partial charge in [0.25, 0.3) is 0 Å². The summed E-state index contributed by atoms with van der Waals surface area (Å²) in [5.41, 5.74) is 0.0854. The number of nitrogens with zero attached hydrogens (tertiary/aromatic N) is 4. The molecule has 0 amide bonds. The lowest BCUT2D eigenvalue weighted by Gasteiger charge is -2.35. The molecule has 8 heteroatoms. The van der Waals surface area contributed by atoms with Crippen molar-refractivity contribution in [1.29, 1.82) is 0 Å². The summed E-state index contributed by atoms with van der Waals surface area (Å²) in [5, 5.41) is 11.6. The van der Waals surface area contributed by atoms with Crippen LogP contribution in [0.5, 0.6) is 0 Å². The molecule has 27 heavy (non-hydrogen) atoms. The lowest BCUT2D eigenvalue weighted by Crippen LogP contribution is -2.39. The summed E-state index contributed by atoms with van der Waals surface area (Å²) in [4.78, 5) is 20.3. The van der Waals surface area contributed by atoms with Crippen LogP contribution in [0.3, 0.4) is 0 Å². The minimum absolute atomic E-state index is 0.0854. The highest BCUT2D eigenvalue weighted by molar-refractivity contribution is 5.62. The molecule has 2 fully saturated rings. The van der Waals surface area contributed by atoms with E-state index in [9.17, 15) is 10.1 Å². The maximum Gasteiger partial charge on any atom is 0.311 e. The molecule has 2 aliphatic heterocycles. The van der Waals surface area contributed by atoms with Gasteiger partial charge in [-0.1, -0.05) is 0 Å². The van der Waals surface area contributed by atoms with E-state index in [0.717, 1.165) is 64.3 Å². The summed E-state index contributed by atoms with van der Waals surface area (Å²) in [6, 6.07) is 3.39. The van der Waals surface area contributed by atoms with Crippen LogP contribution in [0.25, 0.3) is 0 Å². The van der Waals surface area contributed by atoms with Gasteiger partial charge < -0.3 is 19.3 Å². The van der Waals surface area contributed by atoms with Crippen molar-refractivity contribution in [2.24, 2.45) is 11.8 Å². The fourth-order valence-electron chi connectivity index (χ4n) is 4.26. The van der Waals surface area contributed by atoms with Gasteiger partial charge in [0.15, 0.2) is 0 Å². The molecular formula is C19H30N4O4. The molecule has 0 N–H and O–H groups in total. The van der Waals surface area contributed by atoms with E-state index in [4.69, 9.17) is 14.5 Å². The summed E-state index contributed by atoms with van der Waals surface area (Å²) >= 11 is 0. The van der Waals surface area contributed by atoms with Gasteiger partial charge in [-0.3, -0.25) is 10.1 Å². The maximum atomic E-state index is 11.6. The number of rotatable bonds is 7. The van der Waals surface area contributed by atoms with Crippen molar-refractivity contribution in [3.63, 3.8) is 0 Å². The van der Waals surface area contributed by atoms with Crippen LogP contribution in [0.15, 0.2) is 12.1 Å². The van der Waals surface area contributed by atoms with Crippen molar-refractivity contribution in [2.75, 3.05) is 63.4 Å². The van der Waals surface area contributed by atoms with Crippen LogP contribution in [0, 0.1) is 22.0 Å². The number of methoxy groups -OCH3 is 2. The summed E-state index contributed by atoms with van der Waals surface area (Å²) in [7, 11) is 3.43. The van der Waals surface area contributed by atoms with E-state index in [2.05, 4.69) is 9.80 Å². The second kappa shape index (κ2) is 9.32. The summed E-state index contributed by atoms with van der Waals surface area (Å²) in [5.74, 6) is 2.18. The highest BCUT2D eigenvalue weighted by Crippen LogP contribution is 2.33. The van der Waals surface area contributed by atoms with Gasteiger partial charge in [-0.2, -0.15) is 0 Å². The zero-order chi connectivity index (χ0) is 19.2. The molecule has 0 saturated carbocycles. The predicted molar refractivity (Wildman–Crippen MR) is 105 cm³/mol. The van der Waals surface area contributed by atoms with Crippen LogP contribution in [0.4, 0.5) is 17.3 Å². The van der Waals surface area contributed by atoms with Gasteiger partial charge >= 0.3 is 5.69 Å². The molecule has 1 aromatic rings. The van der Waals surface area contributed by atoms with E-state index in [1.807, 2.05) is 0 Å². The highest BCUT2D eigenvalue weighted by atomic mass is 16.6. The standard InChI is InChI=1S/C19H30N4O4/c1-26-13-15-5-3-9-21(11-15)18-8-7-17(23(24)25)19(20-18)22-10-4-6-16(12-22)14-27-2/h7-8,15-16H,3-6,9-14H2,1-2H3/t15-,16-/m1/s1. The lowest BCUT2D eigenvalue weighted by atomic mass is 9.98. The maximum absolute atomic E-state index is 11.6. The van der Waals surface area contributed by atoms with Crippen LogP contribution in [0.1, 0.15) is 25.7 Å². The van der Waals surface area contributed by atoms with Gasteiger partial charge in [0, 0.05) is 46.5 Å². The quantitative estimate of drug-likeness (QED) is 0.533. The van der Waals surface area contributed by atoms with Crippen LogP contribution in [-0.4, -0.2) is 63.5 Å². The molecule has 3 heterocycles. The average molecular weight is 378 g/mol. The molecule has 1 aromatic heterocycles. The van der Waals surface area contributed by atoms with Crippen molar-refractivity contribution in [3.8, 4) is 0 Å². The number of nitro groups is 1. The molecule has 0 aliphatic carbocycles. The molecule has 0 aromatic carbocycles. The number of anilines is 2. The molecule has 0 unspecified atom stereocenters. The fraction of sp³-hybridized carbons (Fsp3) is 0.737. The number of piperidine rings is 2. The van der Waals surface area contributed by atoms with Crippen molar-refractivity contribution in [2.45, 2.75) is 25.7 Å². The SMILES string of the molecule is COC[C@@H]1CCCN(c2ccc([N+](=O)[O-])c(N3CCC[C@@H](COC)C3)n2)C1. The second-order valence-corrected chi connectivity index (χ2v) is 7.59. The minimum Gasteiger partial charge on any atom is -0.384 e. The smallest absolute Gasteiger partial charge is 0.311 e. The first-order valence-electron chi connectivity index (χ1n) is 9.75. The van der Waals surface area contributed by atoms with E-state index in [0.29, 0.717) is 24.3 Å². The third-order valence-corrected chi connectivity index (χ3v) is 5.50. The van der Waals surface area contributed by atoms with Crippen molar-refractivity contribution >= 4 is 17.3 Å². The zero-order valence-electron chi connectivity index (χ0n) is 16.3. The highest BCUT2D eigenvalue weighted by Gasteiger charge is 2.29. The Balaban J connectivity index is 1.83. The largest absolute Gasteiger partial charge is 0.384 e. The van der Waals surface area contributed by atoms with Crippen molar-refractivity contribution in [3.05, 3.63) is 22.2 Å². The Morgan fingerprint density at radius 1 is 1.07 bits per heavy atom. The first-order chi connectivity index (χ1) is 13.1. The third kappa shape index (κ3) is 4.87. The molecule has 2 saturated heterocycles. The van der Waals surface area contributed by atoms with E-state index in [-0.39, 0.29) is 10.6 Å². The topological polar surface area (TPSA) is 81.0 Å². The van der Waals surface area contributed by atoms with Gasteiger partial charge in [-0.05, 0) is 43.6 Å². The van der Waals surface area contributed by atoms with Gasteiger partial charge in [0.05, 0.1) is 18.1 Å². The monoisotopic (exact) mass is 378 g/mol. The van der Waals surface area contributed by atoms with Crippen LogP contribution in [-0.2, 0) is 9.47 Å². The average Bonchev–Trinajstić information content (AvgIpc) is 2.68. The predicted octanol–water partition coefficient (Wildman–Crippen LogP) is 2.72. The van der Waals surface area contributed by atoms with Crippen LogP contribution in [0.2, 0.25) is 0 Å². The summed E-state index contributed by atoms with van der Waals surface area (Å²) < 4.78 is 10.6. The van der Waals surface area contributed by atoms with E-state index < -0.39 is 0 Å². The normalized spacial score (nSPS) is 23.5. The van der Waals surface area contributed by atoms with Gasteiger partial charge in [-0.15, -0.1) is 0 Å². The Hall–Kier alpha value is -1.93. The molecule has 0 radical (unpaired) electrons. The van der Waals surface area contributed by atoms with E-state index >= 15 is 0 Å². The molecule has 2 atom stereocenters. The number of ether oxygens (including phenoxy) is 2. The van der Waals surface area contributed by atoms with Crippen molar-refractivity contribution in [1.82, 2.24) is 4.98 Å². The first kappa shape index (κ1) is 19.8. The van der Waals surface area contributed by atoms with Crippen molar-refractivity contribution < 1.29 is 14.4 Å². The second-order valence-electron chi connectivity index (χ2n) is 7.59. The third-order valence-electron chi connectivity index (χ3n) is 5.50. The Labute approximate surface area is 160 Å². The van der Waals surface area contributed by atoms with Gasteiger partial charge in [0.1, 0.15) is 5.82 Å². The number of pyridine rings is 1. The van der Waals surface area contributed by atoms with Gasteiger partial charge in [0.2, 0.25) is 5.82 Å². The molecule has 2 aliphatic rings. The Morgan fingerprint density at radius 2 is 1.67 bits per heavy atom. The van der Waals surface area contributed by atoms with Crippen LogP contribution < -0.4 is 9.80 Å². The van der Waals surface area contributed by atoms with Gasteiger partial charge in [-0.25, -0.2) is 4.98 Å². The Kier molecular flexibility index (Phi) is 6.84. The fourth-order valence-corrected chi connectivity index (χ4v) is 4.26. The lowest BCUT2D eigenvalue weighted by molar-refractivity contribution is -0.384. The molecule has 0 bridgehead atoms. The molecule has 3 rings (SSSR count). The Morgan fingerprint density at radius 3 is 2.26 bits per heavy atom. The number of hydrogen-bond donors (Lipinski definition) is 0. The molecule has 8 nitrogen and oxygen atoms in total. The van der Waals surface area contributed by atoms with E-state index in [1.54, 1.807) is 26.4 Å². The zero-order valence-corrected chi connectivity index (χ0v) is 16.3. The summed E-state index contributed by atoms with van der Waals surface area (Å²) in [6.07, 6.45) is 4.32. The Bertz CT molecular complexity index is 638. The first-order valence-corrected chi connectivity index (χ1v) is 9.75. The van der Waals surface area contributed by atoms with Crippen LogP contribution >= 0.6 is 0 Å². The number of aromatic nitrogens is 1. The summed E-state index contributed by atoms with van der Waals surface area (Å²) in [6.45, 7) is 4.76. The molecule has 0 spiro atoms.